The van der Waals surface area contributed by atoms with Crippen molar-refractivity contribution in [3.05, 3.63) is 54.2 Å². The van der Waals surface area contributed by atoms with Crippen LogP contribution < -0.4 is 10.8 Å². The van der Waals surface area contributed by atoms with Crippen molar-refractivity contribution >= 4 is 28.7 Å². The standard InChI is InChI=1S/C24H34BN3O8S/c1-17(2)14-28(37(33,34)23-9-8-19(13-26-23)25(31)32)15-22(29)21(12-18-6-4-3-5-7-18)27-24(30)36-20-10-11-35-16-20/h3-9,13,17,20-22,29,31-32H,10-12,14-16H2,1-2H3,(H,27,30)/t20-,21?,22+/m0/s1. The number of hydrogen-bond acceptors (Lipinski definition) is 9. The molecule has 0 saturated carbocycles. The Morgan fingerprint density at radius 2 is 1.95 bits per heavy atom. The van der Waals surface area contributed by atoms with Crippen LogP contribution in [0.1, 0.15) is 25.8 Å². The minimum absolute atomic E-state index is 0.0488. The molecule has 1 unspecified atom stereocenters. The first-order chi connectivity index (χ1) is 17.6. The first-order valence-electron chi connectivity index (χ1n) is 12.2. The van der Waals surface area contributed by atoms with Crippen molar-refractivity contribution in [1.29, 1.82) is 0 Å². The number of sulfonamides is 1. The number of carbonyl (C=O) groups is 1. The third kappa shape index (κ3) is 8.49. The number of amides is 1. The quantitative estimate of drug-likeness (QED) is 0.272. The molecule has 13 heteroatoms. The zero-order valence-electron chi connectivity index (χ0n) is 20.9. The molecule has 0 aliphatic carbocycles. The van der Waals surface area contributed by atoms with Gasteiger partial charge in [0.25, 0.3) is 10.0 Å². The Morgan fingerprint density at radius 1 is 1.22 bits per heavy atom. The molecule has 0 spiro atoms. The van der Waals surface area contributed by atoms with Gasteiger partial charge >= 0.3 is 13.2 Å². The van der Waals surface area contributed by atoms with Gasteiger partial charge in [0.15, 0.2) is 5.03 Å². The third-order valence-corrected chi connectivity index (χ3v) is 7.60. The summed E-state index contributed by atoms with van der Waals surface area (Å²) >= 11 is 0. The Morgan fingerprint density at radius 3 is 2.51 bits per heavy atom. The number of pyridine rings is 1. The SMILES string of the molecule is CC(C)CN(C[C@@H](O)C(Cc1ccccc1)NC(=O)O[C@H]1CCOC1)S(=O)(=O)c1ccc(B(O)O)cn1. The molecule has 4 N–H and O–H groups in total. The second-order valence-electron chi connectivity index (χ2n) is 9.42. The lowest BCUT2D eigenvalue weighted by molar-refractivity contribution is 0.0643. The maximum atomic E-state index is 13.4. The highest BCUT2D eigenvalue weighted by molar-refractivity contribution is 7.89. The first-order valence-corrected chi connectivity index (χ1v) is 13.6. The van der Waals surface area contributed by atoms with Crippen molar-refractivity contribution in [3.8, 4) is 0 Å². The molecule has 3 rings (SSSR count). The average molecular weight is 535 g/mol. The van der Waals surface area contributed by atoms with E-state index in [1.165, 1.54) is 12.1 Å². The van der Waals surface area contributed by atoms with E-state index in [0.29, 0.717) is 19.6 Å². The average Bonchev–Trinajstić information content (AvgIpc) is 3.36. The minimum Gasteiger partial charge on any atom is -0.444 e. The summed E-state index contributed by atoms with van der Waals surface area (Å²) < 4.78 is 38.6. The summed E-state index contributed by atoms with van der Waals surface area (Å²) in [4.78, 5) is 16.5. The van der Waals surface area contributed by atoms with Crippen LogP contribution >= 0.6 is 0 Å². The lowest BCUT2D eigenvalue weighted by Gasteiger charge is -2.30. The van der Waals surface area contributed by atoms with Gasteiger partial charge in [0.05, 0.1) is 25.4 Å². The number of ether oxygens (including phenoxy) is 2. The van der Waals surface area contributed by atoms with Gasteiger partial charge in [-0.15, -0.1) is 0 Å². The molecule has 202 valence electrons. The number of aromatic nitrogens is 1. The van der Waals surface area contributed by atoms with Gasteiger partial charge in [-0.2, -0.15) is 4.31 Å². The zero-order valence-corrected chi connectivity index (χ0v) is 21.8. The van der Waals surface area contributed by atoms with Gasteiger partial charge in [-0.05, 0) is 24.0 Å². The summed E-state index contributed by atoms with van der Waals surface area (Å²) in [6.07, 6.45) is -0.468. The maximum Gasteiger partial charge on any atom is 0.490 e. The number of rotatable bonds is 12. The van der Waals surface area contributed by atoms with Crippen molar-refractivity contribution in [3.63, 3.8) is 0 Å². The van der Waals surface area contributed by atoms with Gasteiger partial charge in [-0.25, -0.2) is 18.2 Å². The predicted molar refractivity (Wildman–Crippen MR) is 136 cm³/mol. The normalized spacial score (nSPS) is 17.5. The van der Waals surface area contributed by atoms with E-state index in [0.717, 1.165) is 16.1 Å². The first kappa shape index (κ1) is 29.0. The summed E-state index contributed by atoms with van der Waals surface area (Å²) in [6, 6.07) is 10.8. The van der Waals surface area contributed by atoms with E-state index >= 15 is 0 Å². The third-order valence-electron chi connectivity index (χ3n) is 5.85. The molecule has 37 heavy (non-hydrogen) atoms. The molecule has 1 aliphatic heterocycles. The number of benzene rings is 1. The second kappa shape index (κ2) is 13.3. The van der Waals surface area contributed by atoms with Crippen molar-refractivity contribution in [2.45, 2.75) is 50.0 Å². The maximum absolute atomic E-state index is 13.4. The fourth-order valence-corrected chi connectivity index (χ4v) is 5.47. The number of hydrogen-bond donors (Lipinski definition) is 4. The van der Waals surface area contributed by atoms with E-state index < -0.39 is 35.4 Å². The topological polar surface area (TPSA) is 159 Å². The van der Waals surface area contributed by atoms with Crippen LogP contribution in [-0.2, 0) is 25.9 Å². The number of alkyl carbamates (subject to hydrolysis) is 1. The molecular formula is C24H34BN3O8S. The largest absolute Gasteiger partial charge is 0.490 e. The number of aliphatic hydroxyl groups excluding tert-OH is 1. The number of carbonyl (C=O) groups excluding carboxylic acids is 1. The molecular weight excluding hydrogens is 501 g/mol. The van der Waals surface area contributed by atoms with Crippen molar-refractivity contribution < 1.29 is 37.8 Å². The Kier molecular flexibility index (Phi) is 10.4. The summed E-state index contributed by atoms with van der Waals surface area (Å²) in [5.41, 5.74) is 0.891. The Labute approximate surface area is 217 Å². The number of nitrogens with one attached hydrogen (secondary N) is 1. The van der Waals surface area contributed by atoms with E-state index in [9.17, 15) is 28.4 Å². The minimum atomic E-state index is -4.15. The van der Waals surface area contributed by atoms with Crippen LogP contribution in [0.2, 0.25) is 0 Å². The van der Waals surface area contributed by atoms with Crippen LogP contribution in [0.3, 0.4) is 0 Å². The lowest BCUT2D eigenvalue weighted by atomic mass is 9.82. The van der Waals surface area contributed by atoms with E-state index in [-0.39, 0.29) is 42.0 Å². The van der Waals surface area contributed by atoms with Gasteiger partial charge in [0.1, 0.15) is 6.10 Å². The highest BCUT2D eigenvalue weighted by Gasteiger charge is 2.33. The van der Waals surface area contributed by atoms with Crippen LogP contribution in [-0.4, -0.2) is 90.6 Å². The van der Waals surface area contributed by atoms with Crippen molar-refractivity contribution in [2.75, 3.05) is 26.3 Å². The van der Waals surface area contributed by atoms with E-state index in [4.69, 9.17) is 9.47 Å². The summed E-state index contributed by atoms with van der Waals surface area (Å²) in [7, 11) is -5.93. The summed E-state index contributed by atoms with van der Waals surface area (Å²) in [5, 5.41) is 32.2. The summed E-state index contributed by atoms with van der Waals surface area (Å²) in [6.45, 7) is 4.27. The van der Waals surface area contributed by atoms with Crippen molar-refractivity contribution in [1.82, 2.24) is 14.6 Å². The van der Waals surface area contributed by atoms with Crippen LogP contribution in [0.5, 0.6) is 0 Å². The van der Waals surface area contributed by atoms with E-state index in [1.54, 1.807) is 0 Å². The Hall–Kier alpha value is -2.55. The molecule has 0 bridgehead atoms. The lowest BCUT2D eigenvalue weighted by Crippen LogP contribution is -2.51. The highest BCUT2D eigenvalue weighted by atomic mass is 32.2. The smallest absolute Gasteiger partial charge is 0.444 e. The van der Waals surface area contributed by atoms with Gasteiger partial charge in [-0.3, -0.25) is 0 Å². The molecule has 2 aromatic rings. The predicted octanol–water partition coefficient (Wildman–Crippen LogP) is -0.105. The monoisotopic (exact) mass is 535 g/mol. The fourth-order valence-electron chi connectivity index (χ4n) is 3.94. The molecule has 11 nitrogen and oxygen atoms in total. The molecule has 1 aliphatic rings. The number of nitrogens with zero attached hydrogens (tertiary/aromatic N) is 2. The van der Waals surface area contributed by atoms with E-state index in [1.807, 2.05) is 44.2 Å². The van der Waals surface area contributed by atoms with Gasteiger partial charge in [-0.1, -0.05) is 50.2 Å². The molecule has 3 atom stereocenters. The molecule has 1 amide bonds. The van der Waals surface area contributed by atoms with Crippen LogP contribution in [0, 0.1) is 5.92 Å². The Bertz CT molecular complexity index is 1100. The number of aliphatic hydroxyl groups is 1. The van der Waals surface area contributed by atoms with Crippen molar-refractivity contribution in [2.24, 2.45) is 5.92 Å². The summed E-state index contributed by atoms with van der Waals surface area (Å²) in [5.74, 6) is -0.0756. The van der Waals surface area contributed by atoms with Gasteiger partial charge in [0, 0.05) is 31.2 Å². The molecule has 1 aromatic heterocycles. The molecule has 1 fully saturated rings. The molecule has 2 heterocycles. The molecule has 1 saturated heterocycles. The highest BCUT2D eigenvalue weighted by Crippen LogP contribution is 2.18. The van der Waals surface area contributed by atoms with Gasteiger partial charge < -0.3 is 29.9 Å². The fraction of sp³-hybridized carbons (Fsp3) is 0.500. The van der Waals surface area contributed by atoms with Crippen LogP contribution in [0.15, 0.2) is 53.7 Å². The van der Waals surface area contributed by atoms with Crippen LogP contribution in [0.4, 0.5) is 4.79 Å². The van der Waals surface area contributed by atoms with Crippen LogP contribution in [0.25, 0.3) is 0 Å². The molecule has 0 radical (unpaired) electrons. The van der Waals surface area contributed by atoms with E-state index in [2.05, 4.69) is 10.3 Å². The molecule has 1 aromatic carbocycles. The Balaban J connectivity index is 1.81. The zero-order chi connectivity index (χ0) is 27.0. The van der Waals surface area contributed by atoms with Gasteiger partial charge in [0.2, 0.25) is 0 Å². The second-order valence-corrected chi connectivity index (χ2v) is 11.3.